The summed E-state index contributed by atoms with van der Waals surface area (Å²) in [5, 5.41) is 10.7. The van der Waals surface area contributed by atoms with Crippen molar-refractivity contribution in [2.75, 3.05) is 32.7 Å². The number of aromatic hydroxyl groups is 1. The van der Waals surface area contributed by atoms with Gasteiger partial charge in [0.05, 0.1) is 5.56 Å². The maximum Gasteiger partial charge on any atom is 0.163 e. The number of carbonyl (C=O) groups is 1. The van der Waals surface area contributed by atoms with E-state index in [0.29, 0.717) is 17.1 Å². The van der Waals surface area contributed by atoms with Crippen molar-refractivity contribution >= 4 is 17.4 Å². The van der Waals surface area contributed by atoms with Gasteiger partial charge in [-0.25, -0.2) is 0 Å². The molecule has 2 rings (SSSR count). The molecule has 4 nitrogen and oxygen atoms in total. The van der Waals surface area contributed by atoms with E-state index in [9.17, 15) is 9.90 Å². The lowest BCUT2D eigenvalue weighted by Crippen LogP contribution is -2.45. The highest BCUT2D eigenvalue weighted by Gasteiger charge is 2.19. The minimum absolute atomic E-state index is 0.0693. The van der Waals surface area contributed by atoms with E-state index in [-0.39, 0.29) is 11.5 Å². The van der Waals surface area contributed by atoms with Crippen LogP contribution in [0, 0.1) is 0 Å². The summed E-state index contributed by atoms with van der Waals surface area (Å²) < 4.78 is 0. The molecule has 0 aromatic heterocycles. The van der Waals surface area contributed by atoms with Crippen LogP contribution in [0.5, 0.6) is 5.75 Å². The van der Waals surface area contributed by atoms with E-state index in [1.807, 2.05) is 0 Å². The fraction of sp³-hybridized carbons (Fsp3) is 0.533. The maximum absolute atomic E-state index is 11.5. The average Bonchev–Trinajstić information content (AvgIpc) is 2.43. The molecule has 1 aromatic rings. The first-order valence-corrected chi connectivity index (χ1v) is 7.36. The van der Waals surface area contributed by atoms with Gasteiger partial charge in [-0.05, 0) is 25.6 Å². The zero-order valence-corrected chi connectivity index (χ0v) is 12.8. The lowest BCUT2D eigenvalue weighted by Gasteiger charge is -2.34. The molecule has 1 aliphatic heterocycles. The van der Waals surface area contributed by atoms with Crippen LogP contribution >= 0.6 is 11.6 Å². The summed E-state index contributed by atoms with van der Waals surface area (Å²) in [6, 6.07) is 3.27. The molecule has 0 spiro atoms. The number of piperazine rings is 1. The van der Waals surface area contributed by atoms with Gasteiger partial charge in [0.1, 0.15) is 5.75 Å². The van der Waals surface area contributed by atoms with E-state index < -0.39 is 0 Å². The van der Waals surface area contributed by atoms with Gasteiger partial charge in [0.2, 0.25) is 0 Å². The summed E-state index contributed by atoms with van der Waals surface area (Å²) in [4.78, 5) is 16.2. The van der Waals surface area contributed by atoms with Crippen LogP contribution in [0.2, 0.25) is 5.02 Å². The first-order chi connectivity index (χ1) is 9.51. The van der Waals surface area contributed by atoms with Gasteiger partial charge in [0, 0.05) is 43.3 Å². The molecule has 20 heavy (non-hydrogen) atoms. The number of hydrogen-bond donors (Lipinski definition) is 1. The Hall–Kier alpha value is -1.10. The SMILES string of the molecule is CCN1CCN(Cc2cc(Cl)cc(C(C)=O)c2O)CC1. The number of likely N-dealkylation sites (N-methyl/N-ethyl adjacent to an activating group) is 1. The standard InChI is InChI=1S/C15H21ClN2O2/c1-3-17-4-6-18(7-5-17)10-12-8-13(16)9-14(11(2)19)15(12)20/h8-9,20H,3-7,10H2,1-2H3. The Morgan fingerprint density at radius 3 is 2.40 bits per heavy atom. The quantitative estimate of drug-likeness (QED) is 0.867. The highest BCUT2D eigenvalue weighted by atomic mass is 35.5. The molecular formula is C15H21ClN2O2. The van der Waals surface area contributed by atoms with E-state index in [2.05, 4.69) is 16.7 Å². The van der Waals surface area contributed by atoms with E-state index in [1.54, 1.807) is 6.07 Å². The predicted molar refractivity (Wildman–Crippen MR) is 80.5 cm³/mol. The van der Waals surface area contributed by atoms with Gasteiger partial charge in [0.15, 0.2) is 5.78 Å². The smallest absolute Gasteiger partial charge is 0.163 e. The minimum atomic E-state index is -0.165. The van der Waals surface area contributed by atoms with Crippen LogP contribution in [0.1, 0.15) is 29.8 Å². The molecule has 1 saturated heterocycles. The lowest BCUT2D eigenvalue weighted by atomic mass is 10.1. The Balaban J connectivity index is 2.12. The normalized spacial score (nSPS) is 17.4. The Labute approximate surface area is 124 Å². The zero-order chi connectivity index (χ0) is 14.7. The molecular weight excluding hydrogens is 276 g/mol. The number of benzene rings is 1. The first kappa shape index (κ1) is 15.3. The number of carbonyl (C=O) groups excluding carboxylic acids is 1. The second-order valence-corrected chi connectivity index (χ2v) is 5.66. The van der Waals surface area contributed by atoms with Crippen molar-refractivity contribution < 1.29 is 9.90 Å². The predicted octanol–water partition coefficient (Wildman–Crippen LogP) is 2.39. The molecule has 110 valence electrons. The van der Waals surface area contributed by atoms with E-state index >= 15 is 0 Å². The van der Waals surface area contributed by atoms with Crippen LogP contribution in [-0.2, 0) is 6.54 Å². The second kappa shape index (κ2) is 6.57. The van der Waals surface area contributed by atoms with E-state index in [4.69, 9.17) is 11.6 Å². The average molecular weight is 297 g/mol. The molecule has 0 saturated carbocycles. The van der Waals surface area contributed by atoms with Gasteiger partial charge in [-0.15, -0.1) is 0 Å². The molecule has 1 aromatic carbocycles. The summed E-state index contributed by atoms with van der Waals surface area (Å²) in [6.45, 7) is 9.32. The lowest BCUT2D eigenvalue weighted by molar-refractivity contribution is 0.101. The monoisotopic (exact) mass is 296 g/mol. The van der Waals surface area contributed by atoms with Crippen LogP contribution in [-0.4, -0.2) is 53.4 Å². The Morgan fingerprint density at radius 2 is 1.85 bits per heavy atom. The van der Waals surface area contributed by atoms with E-state index in [1.165, 1.54) is 13.0 Å². The fourth-order valence-electron chi connectivity index (χ4n) is 2.55. The second-order valence-electron chi connectivity index (χ2n) is 5.23. The largest absolute Gasteiger partial charge is 0.507 e. The first-order valence-electron chi connectivity index (χ1n) is 6.98. The molecule has 0 bridgehead atoms. The summed E-state index contributed by atoms with van der Waals surface area (Å²) in [7, 11) is 0. The van der Waals surface area contributed by atoms with Crippen molar-refractivity contribution in [3.8, 4) is 5.75 Å². The maximum atomic E-state index is 11.5. The van der Waals surface area contributed by atoms with Gasteiger partial charge in [-0.1, -0.05) is 18.5 Å². The summed E-state index contributed by atoms with van der Waals surface area (Å²) in [5.74, 6) is -0.0955. The summed E-state index contributed by atoms with van der Waals surface area (Å²) in [5.41, 5.74) is 1.03. The number of Topliss-reactive ketones (excluding diaryl/α,β-unsaturated/α-hetero) is 1. The van der Waals surface area contributed by atoms with Crippen molar-refractivity contribution in [2.24, 2.45) is 0 Å². The van der Waals surface area contributed by atoms with Gasteiger partial charge < -0.3 is 10.0 Å². The minimum Gasteiger partial charge on any atom is -0.507 e. The van der Waals surface area contributed by atoms with Crippen LogP contribution in [0.15, 0.2) is 12.1 Å². The van der Waals surface area contributed by atoms with E-state index in [0.717, 1.165) is 38.3 Å². The molecule has 1 N–H and O–H groups in total. The summed E-state index contributed by atoms with van der Waals surface area (Å²) in [6.07, 6.45) is 0. The number of rotatable bonds is 4. The number of phenols is 1. The molecule has 1 heterocycles. The van der Waals surface area contributed by atoms with Crippen LogP contribution in [0.3, 0.4) is 0 Å². The molecule has 0 unspecified atom stereocenters. The van der Waals surface area contributed by atoms with Crippen molar-refractivity contribution in [2.45, 2.75) is 20.4 Å². The molecule has 0 atom stereocenters. The molecule has 1 fully saturated rings. The molecule has 0 radical (unpaired) electrons. The van der Waals surface area contributed by atoms with Crippen molar-refractivity contribution in [1.29, 1.82) is 0 Å². The summed E-state index contributed by atoms with van der Waals surface area (Å²) >= 11 is 6.04. The highest BCUT2D eigenvalue weighted by molar-refractivity contribution is 6.31. The number of ketones is 1. The number of phenolic OH excluding ortho intramolecular Hbond substituents is 1. The van der Waals surface area contributed by atoms with Crippen molar-refractivity contribution in [3.63, 3.8) is 0 Å². The topological polar surface area (TPSA) is 43.8 Å². The number of nitrogens with zero attached hydrogens (tertiary/aromatic N) is 2. The van der Waals surface area contributed by atoms with Crippen molar-refractivity contribution in [1.82, 2.24) is 9.80 Å². The Morgan fingerprint density at radius 1 is 1.25 bits per heavy atom. The van der Waals surface area contributed by atoms with Gasteiger partial charge in [0.25, 0.3) is 0 Å². The Kier molecular flexibility index (Phi) is 5.02. The van der Waals surface area contributed by atoms with Gasteiger partial charge in [-0.2, -0.15) is 0 Å². The highest BCUT2D eigenvalue weighted by Crippen LogP contribution is 2.28. The molecule has 5 heteroatoms. The molecule has 0 aliphatic carbocycles. The van der Waals surface area contributed by atoms with Crippen LogP contribution in [0.25, 0.3) is 0 Å². The van der Waals surface area contributed by atoms with Gasteiger partial charge in [-0.3, -0.25) is 9.69 Å². The number of halogens is 1. The molecule has 1 aliphatic rings. The zero-order valence-electron chi connectivity index (χ0n) is 12.0. The van der Waals surface area contributed by atoms with Crippen LogP contribution in [0.4, 0.5) is 0 Å². The number of hydrogen-bond acceptors (Lipinski definition) is 4. The van der Waals surface area contributed by atoms with Crippen LogP contribution < -0.4 is 0 Å². The molecule has 0 amide bonds. The third-order valence-corrected chi connectivity index (χ3v) is 4.06. The Bertz CT molecular complexity index is 497. The van der Waals surface area contributed by atoms with Crippen molar-refractivity contribution in [3.05, 3.63) is 28.3 Å². The fourth-order valence-corrected chi connectivity index (χ4v) is 2.79. The third kappa shape index (κ3) is 3.51. The van der Waals surface area contributed by atoms with Gasteiger partial charge >= 0.3 is 0 Å². The third-order valence-electron chi connectivity index (χ3n) is 3.84.